The van der Waals surface area contributed by atoms with E-state index in [1.54, 1.807) is 36.4 Å². The molecule has 0 saturated heterocycles. The van der Waals surface area contributed by atoms with Crippen molar-refractivity contribution in [3.05, 3.63) is 84.4 Å². The molecule has 0 fully saturated rings. The monoisotopic (exact) mass is 451 g/mol. The van der Waals surface area contributed by atoms with Gasteiger partial charge in [0.2, 0.25) is 15.9 Å². The summed E-state index contributed by atoms with van der Waals surface area (Å²) in [4.78, 5) is 13.0. The average Bonchev–Trinajstić information content (AvgIpc) is 2.80. The normalized spacial score (nSPS) is 12.3. The Labute approximate surface area is 189 Å². The van der Waals surface area contributed by atoms with Gasteiger partial charge in [0.25, 0.3) is 0 Å². The molecule has 0 spiro atoms. The van der Waals surface area contributed by atoms with Gasteiger partial charge in [-0.15, -0.1) is 0 Å². The van der Waals surface area contributed by atoms with Gasteiger partial charge in [-0.3, -0.25) is 4.79 Å². The number of unbranched alkanes of at least 4 members (excludes halogenated alkanes) is 1. The van der Waals surface area contributed by atoms with Gasteiger partial charge in [0, 0.05) is 5.69 Å². The zero-order chi connectivity index (χ0) is 23.0. The molecule has 0 aromatic heterocycles. The van der Waals surface area contributed by atoms with Crippen molar-refractivity contribution in [3.8, 4) is 11.1 Å². The van der Waals surface area contributed by atoms with Crippen LogP contribution in [0, 0.1) is 6.92 Å². The predicted molar refractivity (Wildman–Crippen MR) is 129 cm³/mol. The number of carbonyl (C=O) groups excluding carboxylic acids is 1. The van der Waals surface area contributed by atoms with Crippen molar-refractivity contribution in [1.29, 1.82) is 0 Å². The number of carbonyl (C=O) groups is 1. The Kier molecular flexibility index (Phi) is 8.16. The molecule has 0 aliphatic carbocycles. The van der Waals surface area contributed by atoms with Crippen LogP contribution in [0.15, 0.2) is 83.8 Å². The van der Waals surface area contributed by atoms with Crippen molar-refractivity contribution in [3.63, 3.8) is 0 Å². The number of anilines is 1. The lowest BCUT2D eigenvalue weighted by molar-refractivity contribution is -0.117. The summed E-state index contributed by atoms with van der Waals surface area (Å²) in [5, 5.41) is 2.80. The van der Waals surface area contributed by atoms with E-state index in [0.29, 0.717) is 31.5 Å². The minimum Gasteiger partial charge on any atom is -0.330 e. The Balaban J connectivity index is 1.75. The Hall–Kier alpha value is -3.00. The number of hydrogen-bond acceptors (Lipinski definition) is 4. The molecular weight excluding hydrogens is 422 g/mol. The van der Waals surface area contributed by atoms with Gasteiger partial charge in [0.1, 0.15) is 6.04 Å². The van der Waals surface area contributed by atoms with Crippen molar-refractivity contribution in [2.24, 2.45) is 5.73 Å². The highest BCUT2D eigenvalue weighted by Gasteiger charge is 2.25. The average molecular weight is 452 g/mol. The molecule has 1 atom stereocenters. The van der Waals surface area contributed by atoms with E-state index in [4.69, 9.17) is 5.73 Å². The Morgan fingerprint density at radius 1 is 0.875 bits per heavy atom. The second-order valence-electron chi connectivity index (χ2n) is 7.70. The first-order valence-corrected chi connectivity index (χ1v) is 12.1. The molecule has 0 aliphatic heterocycles. The summed E-state index contributed by atoms with van der Waals surface area (Å²) in [6.45, 7) is 2.44. The summed E-state index contributed by atoms with van der Waals surface area (Å²) in [5.41, 5.74) is 9.18. The van der Waals surface area contributed by atoms with Gasteiger partial charge in [0.05, 0.1) is 4.90 Å². The number of nitrogens with one attached hydrogen (secondary N) is 2. The summed E-state index contributed by atoms with van der Waals surface area (Å²) in [6.07, 6.45) is 1.70. The van der Waals surface area contributed by atoms with E-state index in [0.717, 1.165) is 16.7 Å². The van der Waals surface area contributed by atoms with Gasteiger partial charge in [-0.05, 0) is 61.7 Å². The first kappa shape index (κ1) is 23.7. The SMILES string of the molecule is Cc1ccc(NC(=O)[C@H](CCCCN)NS(=O)(=O)c2ccc(-c3ccccc3)cc2)cc1. The maximum atomic E-state index is 13.0. The van der Waals surface area contributed by atoms with E-state index in [9.17, 15) is 13.2 Å². The zero-order valence-electron chi connectivity index (χ0n) is 18.1. The molecule has 0 aliphatic rings. The fourth-order valence-corrected chi connectivity index (χ4v) is 4.54. The van der Waals surface area contributed by atoms with Crippen molar-refractivity contribution in [2.75, 3.05) is 11.9 Å². The smallest absolute Gasteiger partial charge is 0.242 e. The third-order valence-corrected chi connectivity index (χ3v) is 6.64. The molecule has 0 radical (unpaired) electrons. The van der Waals surface area contributed by atoms with E-state index >= 15 is 0 Å². The number of amides is 1. The van der Waals surface area contributed by atoms with Gasteiger partial charge >= 0.3 is 0 Å². The molecule has 3 aromatic carbocycles. The van der Waals surface area contributed by atoms with Gasteiger partial charge in [-0.1, -0.05) is 66.6 Å². The third-order valence-electron chi connectivity index (χ3n) is 5.15. The van der Waals surface area contributed by atoms with Crippen LogP contribution in [0.4, 0.5) is 5.69 Å². The molecule has 0 saturated carbocycles. The van der Waals surface area contributed by atoms with E-state index in [1.165, 1.54) is 0 Å². The van der Waals surface area contributed by atoms with Gasteiger partial charge in [-0.25, -0.2) is 8.42 Å². The largest absolute Gasteiger partial charge is 0.330 e. The lowest BCUT2D eigenvalue weighted by Gasteiger charge is -2.19. The maximum absolute atomic E-state index is 13.0. The number of rotatable bonds is 10. The van der Waals surface area contributed by atoms with Crippen LogP contribution in [0.25, 0.3) is 11.1 Å². The molecule has 4 N–H and O–H groups in total. The molecule has 7 heteroatoms. The number of aryl methyl sites for hydroxylation is 1. The third kappa shape index (κ3) is 6.50. The van der Waals surface area contributed by atoms with Gasteiger partial charge < -0.3 is 11.1 Å². The minimum atomic E-state index is -3.88. The van der Waals surface area contributed by atoms with Crippen LogP contribution in [0.3, 0.4) is 0 Å². The van der Waals surface area contributed by atoms with Crippen molar-refractivity contribution in [2.45, 2.75) is 37.1 Å². The number of nitrogens with two attached hydrogens (primary N) is 1. The van der Waals surface area contributed by atoms with Crippen LogP contribution in [0.2, 0.25) is 0 Å². The molecule has 0 bridgehead atoms. The zero-order valence-corrected chi connectivity index (χ0v) is 18.9. The molecule has 0 unspecified atom stereocenters. The van der Waals surface area contributed by atoms with Crippen LogP contribution in [-0.4, -0.2) is 26.9 Å². The molecule has 6 nitrogen and oxygen atoms in total. The Morgan fingerprint density at radius 2 is 1.50 bits per heavy atom. The van der Waals surface area contributed by atoms with E-state index in [-0.39, 0.29) is 4.90 Å². The number of sulfonamides is 1. The quantitative estimate of drug-likeness (QED) is 0.404. The Bertz CT molecular complexity index is 1110. The van der Waals surface area contributed by atoms with Gasteiger partial charge in [0.15, 0.2) is 0 Å². The summed E-state index contributed by atoms with van der Waals surface area (Å²) in [7, 11) is -3.88. The van der Waals surface area contributed by atoms with E-state index in [2.05, 4.69) is 10.0 Å². The minimum absolute atomic E-state index is 0.115. The molecular formula is C25H29N3O3S. The van der Waals surface area contributed by atoms with Crippen molar-refractivity contribution >= 4 is 21.6 Å². The van der Waals surface area contributed by atoms with Crippen LogP contribution in [0.1, 0.15) is 24.8 Å². The fraction of sp³-hybridized carbons (Fsp3) is 0.240. The number of benzene rings is 3. The lowest BCUT2D eigenvalue weighted by atomic mass is 10.1. The lowest BCUT2D eigenvalue weighted by Crippen LogP contribution is -2.43. The topological polar surface area (TPSA) is 101 Å². The first-order chi connectivity index (χ1) is 15.4. The van der Waals surface area contributed by atoms with E-state index in [1.807, 2.05) is 49.4 Å². The molecule has 0 heterocycles. The highest BCUT2D eigenvalue weighted by molar-refractivity contribution is 7.89. The van der Waals surface area contributed by atoms with Gasteiger partial charge in [-0.2, -0.15) is 4.72 Å². The summed E-state index contributed by atoms with van der Waals surface area (Å²) in [6, 6.07) is 22.8. The summed E-state index contributed by atoms with van der Waals surface area (Å²) >= 11 is 0. The second-order valence-corrected chi connectivity index (χ2v) is 9.42. The maximum Gasteiger partial charge on any atom is 0.242 e. The summed E-state index contributed by atoms with van der Waals surface area (Å²) < 4.78 is 28.6. The molecule has 32 heavy (non-hydrogen) atoms. The molecule has 1 amide bonds. The highest BCUT2D eigenvalue weighted by atomic mass is 32.2. The summed E-state index contributed by atoms with van der Waals surface area (Å²) in [5.74, 6) is -0.393. The highest BCUT2D eigenvalue weighted by Crippen LogP contribution is 2.21. The molecule has 168 valence electrons. The predicted octanol–water partition coefficient (Wildman–Crippen LogP) is 4.08. The standard InChI is InChI=1S/C25H29N3O3S/c1-19-10-14-22(15-11-19)27-25(29)24(9-5-6-18-26)28-32(30,31)23-16-12-21(13-17-23)20-7-3-2-4-8-20/h2-4,7-8,10-17,24,28H,5-6,9,18,26H2,1H3,(H,27,29)/t24-/m0/s1. The number of hydrogen-bond donors (Lipinski definition) is 3. The van der Waals surface area contributed by atoms with Crippen molar-refractivity contribution in [1.82, 2.24) is 4.72 Å². The van der Waals surface area contributed by atoms with Crippen LogP contribution < -0.4 is 15.8 Å². The fourth-order valence-electron chi connectivity index (χ4n) is 3.32. The second kappa shape index (κ2) is 11.0. The van der Waals surface area contributed by atoms with Crippen LogP contribution in [-0.2, 0) is 14.8 Å². The Morgan fingerprint density at radius 3 is 2.12 bits per heavy atom. The van der Waals surface area contributed by atoms with Crippen molar-refractivity contribution < 1.29 is 13.2 Å². The van der Waals surface area contributed by atoms with Crippen LogP contribution in [0.5, 0.6) is 0 Å². The van der Waals surface area contributed by atoms with E-state index < -0.39 is 22.0 Å². The molecule has 3 rings (SSSR count). The van der Waals surface area contributed by atoms with Crippen LogP contribution >= 0.6 is 0 Å². The first-order valence-electron chi connectivity index (χ1n) is 10.6. The molecule has 3 aromatic rings.